The van der Waals surface area contributed by atoms with E-state index in [1.54, 1.807) is 0 Å². The molecule has 0 bridgehead atoms. The van der Waals surface area contributed by atoms with E-state index in [9.17, 15) is 20.1 Å². The largest absolute Gasteiger partial charge is 0.481 e. The predicted molar refractivity (Wildman–Crippen MR) is 134 cm³/mol. The van der Waals surface area contributed by atoms with Gasteiger partial charge in [-0.15, -0.1) is 0 Å². The third-order valence-corrected chi connectivity index (χ3v) is 13.0. The van der Waals surface area contributed by atoms with E-state index in [-0.39, 0.29) is 33.0 Å². The average molecular weight is 473 g/mol. The molecular weight excluding hydrogens is 424 g/mol. The molecule has 0 spiro atoms. The van der Waals surface area contributed by atoms with Gasteiger partial charge in [-0.3, -0.25) is 4.79 Å². The molecule has 0 aliphatic heterocycles. The standard InChI is InChI=1S/C30H48O4/c1-25(2)12-14-30(24(33)34)15-13-28(6)18(19(30)16-25)8-9-22-27(5)17-20(31)23(32)26(3,4)21(27)10-11-29(22,28)7/h8,19-23,31-32H,9-17H2,1-7H3,(H,33,34)/t19-,20?,21-,22+,23-,27-,28+,29+,30-/m0/s1. The number of aliphatic hydroxyl groups excluding tert-OH is 2. The van der Waals surface area contributed by atoms with Crippen LogP contribution in [0.5, 0.6) is 0 Å². The number of allylic oxidation sites excluding steroid dienone is 2. The van der Waals surface area contributed by atoms with Gasteiger partial charge in [0.1, 0.15) is 0 Å². The number of carboxylic acid groups (broad SMARTS) is 1. The van der Waals surface area contributed by atoms with Crippen molar-refractivity contribution >= 4 is 5.97 Å². The lowest BCUT2D eigenvalue weighted by atomic mass is 9.33. The summed E-state index contributed by atoms with van der Waals surface area (Å²) >= 11 is 0. The molecule has 34 heavy (non-hydrogen) atoms. The Balaban J connectivity index is 1.61. The van der Waals surface area contributed by atoms with Crippen molar-refractivity contribution in [2.75, 3.05) is 0 Å². The van der Waals surface area contributed by atoms with Gasteiger partial charge in [-0.25, -0.2) is 0 Å². The van der Waals surface area contributed by atoms with Gasteiger partial charge in [-0.05, 0) is 103 Å². The molecule has 9 atom stereocenters. The summed E-state index contributed by atoms with van der Waals surface area (Å²) in [6.45, 7) is 16.3. The van der Waals surface area contributed by atoms with Crippen LogP contribution in [-0.2, 0) is 4.79 Å². The van der Waals surface area contributed by atoms with Crippen LogP contribution < -0.4 is 0 Å². The molecule has 0 aromatic rings. The summed E-state index contributed by atoms with van der Waals surface area (Å²) < 4.78 is 0. The Labute approximate surface area is 206 Å². The van der Waals surface area contributed by atoms with Crippen LogP contribution in [0.2, 0.25) is 0 Å². The zero-order valence-corrected chi connectivity index (χ0v) is 22.6. The normalized spacial score (nSPS) is 53.4. The van der Waals surface area contributed by atoms with Gasteiger partial charge in [-0.2, -0.15) is 0 Å². The summed E-state index contributed by atoms with van der Waals surface area (Å²) in [4.78, 5) is 12.8. The molecule has 0 amide bonds. The molecule has 192 valence electrons. The van der Waals surface area contributed by atoms with Gasteiger partial charge in [0.2, 0.25) is 0 Å². The molecule has 0 aromatic heterocycles. The first-order chi connectivity index (χ1) is 15.6. The van der Waals surface area contributed by atoms with Crippen molar-refractivity contribution in [2.24, 2.45) is 50.2 Å². The van der Waals surface area contributed by atoms with Crippen molar-refractivity contribution < 1.29 is 20.1 Å². The van der Waals surface area contributed by atoms with Crippen LogP contribution in [0.3, 0.4) is 0 Å². The number of rotatable bonds is 1. The maximum absolute atomic E-state index is 12.8. The van der Waals surface area contributed by atoms with Gasteiger partial charge < -0.3 is 15.3 Å². The van der Waals surface area contributed by atoms with Crippen molar-refractivity contribution in [3.8, 4) is 0 Å². The van der Waals surface area contributed by atoms with E-state index in [2.05, 4.69) is 54.5 Å². The summed E-state index contributed by atoms with van der Waals surface area (Å²) in [5.41, 5.74) is 0.754. The Kier molecular flexibility index (Phi) is 5.20. The zero-order valence-electron chi connectivity index (χ0n) is 22.6. The molecule has 0 aromatic carbocycles. The molecule has 5 aliphatic carbocycles. The van der Waals surface area contributed by atoms with Gasteiger partial charge in [-0.1, -0.05) is 60.1 Å². The first kappa shape index (κ1) is 24.8. The summed E-state index contributed by atoms with van der Waals surface area (Å²) in [6.07, 6.45) is 9.45. The monoisotopic (exact) mass is 472 g/mol. The average Bonchev–Trinajstić information content (AvgIpc) is 2.72. The lowest BCUT2D eigenvalue weighted by Gasteiger charge is -2.71. The molecule has 4 nitrogen and oxygen atoms in total. The Morgan fingerprint density at radius 1 is 0.882 bits per heavy atom. The van der Waals surface area contributed by atoms with Crippen LogP contribution in [0.25, 0.3) is 0 Å². The molecule has 4 heteroatoms. The van der Waals surface area contributed by atoms with Crippen LogP contribution in [0.1, 0.15) is 106 Å². The van der Waals surface area contributed by atoms with E-state index in [1.165, 1.54) is 5.57 Å². The first-order valence-electron chi connectivity index (χ1n) is 13.9. The second-order valence-electron chi connectivity index (χ2n) is 15.2. The zero-order chi connectivity index (χ0) is 25.1. The van der Waals surface area contributed by atoms with E-state index >= 15 is 0 Å². The van der Waals surface area contributed by atoms with Gasteiger partial charge in [0, 0.05) is 0 Å². The Morgan fingerprint density at radius 2 is 1.53 bits per heavy atom. The fraction of sp³-hybridized carbons (Fsp3) is 0.900. The van der Waals surface area contributed by atoms with Crippen molar-refractivity contribution in [1.82, 2.24) is 0 Å². The molecule has 0 saturated heterocycles. The maximum Gasteiger partial charge on any atom is 0.310 e. The van der Waals surface area contributed by atoms with Gasteiger partial charge in [0.15, 0.2) is 0 Å². The molecule has 4 fully saturated rings. The Bertz CT molecular complexity index is 919. The molecule has 1 unspecified atom stereocenters. The second-order valence-corrected chi connectivity index (χ2v) is 15.2. The highest BCUT2D eigenvalue weighted by Gasteiger charge is 2.70. The Morgan fingerprint density at radius 3 is 2.18 bits per heavy atom. The summed E-state index contributed by atoms with van der Waals surface area (Å²) in [6, 6.07) is 0. The van der Waals surface area contributed by atoms with E-state index in [0.29, 0.717) is 18.3 Å². The molecule has 4 saturated carbocycles. The van der Waals surface area contributed by atoms with E-state index in [4.69, 9.17) is 0 Å². The van der Waals surface area contributed by atoms with Gasteiger partial charge >= 0.3 is 5.97 Å². The van der Waals surface area contributed by atoms with Crippen LogP contribution >= 0.6 is 0 Å². The smallest absolute Gasteiger partial charge is 0.310 e. The highest BCUT2D eigenvalue weighted by Crippen LogP contribution is 2.75. The SMILES string of the molecule is CC1(C)CC[C@]2(C(=O)O)CC[C@]3(C)C(=CC[C@@H]4[C@@]5(C)CC(O)[C@H](O)C(C)(C)[C@@H]5CC[C@]43C)[C@@H]2C1. The molecule has 5 aliphatic rings. The minimum atomic E-state index is -0.679. The van der Waals surface area contributed by atoms with Crippen molar-refractivity contribution in [3.63, 3.8) is 0 Å². The number of carbonyl (C=O) groups is 1. The van der Waals surface area contributed by atoms with Crippen LogP contribution in [-0.4, -0.2) is 33.5 Å². The minimum Gasteiger partial charge on any atom is -0.481 e. The third kappa shape index (κ3) is 2.88. The number of hydrogen-bond donors (Lipinski definition) is 3. The van der Waals surface area contributed by atoms with E-state index in [1.807, 2.05) is 0 Å². The van der Waals surface area contributed by atoms with E-state index in [0.717, 1.165) is 51.4 Å². The molecule has 3 N–H and O–H groups in total. The van der Waals surface area contributed by atoms with Gasteiger partial charge in [0.25, 0.3) is 0 Å². The topological polar surface area (TPSA) is 77.8 Å². The van der Waals surface area contributed by atoms with Crippen molar-refractivity contribution in [3.05, 3.63) is 11.6 Å². The van der Waals surface area contributed by atoms with Crippen LogP contribution in [0, 0.1) is 50.2 Å². The molecule has 5 rings (SSSR count). The lowest BCUT2D eigenvalue weighted by Crippen LogP contribution is -2.67. The molecular formula is C30H48O4. The number of aliphatic hydroxyl groups is 2. The predicted octanol–water partition coefficient (Wildman–Crippen LogP) is 6.20. The van der Waals surface area contributed by atoms with Crippen molar-refractivity contribution in [1.29, 1.82) is 0 Å². The lowest BCUT2D eigenvalue weighted by molar-refractivity contribution is -0.231. The van der Waals surface area contributed by atoms with Crippen molar-refractivity contribution in [2.45, 2.75) is 118 Å². The second kappa shape index (κ2) is 7.12. The van der Waals surface area contributed by atoms with Gasteiger partial charge in [0.05, 0.1) is 17.6 Å². The number of fused-ring (bicyclic) bond motifs is 7. The quantitative estimate of drug-likeness (QED) is 0.397. The fourth-order valence-corrected chi connectivity index (χ4v) is 10.8. The summed E-state index contributed by atoms with van der Waals surface area (Å²) in [5, 5.41) is 32.4. The van der Waals surface area contributed by atoms with Crippen LogP contribution in [0.4, 0.5) is 0 Å². The highest BCUT2D eigenvalue weighted by atomic mass is 16.4. The highest BCUT2D eigenvalue weighted by molar-refractivity contribution is 5.76. The summed E-state index contributed by atoms with van der Waals surface area (Å²) in [5.74, 6) is 0.365. The third-order valence-electron chi connectivity index (χ3n) is 13.0. The fourth-order valence-electron chi connectivity index (χ4n) is 10.8. The van der Waals surface area contributed by atoms with E-state index < -0.39 is 23.6 Å². The Hall–Kier alpha value is -0.870. The number of carboxylic acids is 1. The number of aliphatic carboxylic acids is 1. The minimum absolute atomic E-state index is 0.00785. The maximum atomic E-state index is 12.8. The number of hydrogen-bond acceptors (Lipinski definition) is 3. The summed E-state index contributed by atoms with van der Waals surface area (Å²) in [7, 11) is 0. The first-order valence-corrected chi connectivity index (χ1v) is 13.9. The molecule has 0 heterocycles. The van der Waals surface area contributed by atoms with Crippen LogP contribution in [0.15, 0.2) is 11.6 Å². The molecule has 0 radical (unpaired) electrons.